The van der Waals surface area contributed by atoms with Crippen LogP contribution in [-0.2, 0) is 0 Å². The van der Waals surface area contributed by atoms with Gasteiger partial charge in [0.2, 0.25) is 0 Å². The maximum atomic E-state index is 13.3. The van der Waals surface area contributed by atoms with Gasteiger partial charge in [0.1, 0.15) is 9.71 Å². The molecular formula is C28H33N5OS. The number of hydrogen-bond acceptors (Lipinski definition) is 5. The van der Waals surface area contributed by atoms with E-state index in [0.29, 0.717) is 6.54 Å². The van der Waals surface area contributed by atoms with Gasteiger partial charge in [-0.25, -0.2) is 4.98 Å². The molecule has 35 heavy (non-hydrogen) atoms. The van der Waals surface area contributed by atoms with Crippen LogP contribution in [0.25, 0.3) is 15.9 Å². The van der Waals surface area contributed by atoms with Crippen LogP contribution in [0.5, 0.6) is 0 Å². The first-order chi connectivity index (χ1) is 16.9. The molecule has 1 fully saturated rings. The number of thiophene rings is 1. The third kappa shape index (κ3) is 4.70. The van der Waals surface area contributed by atoms with Crippen LogP contribution in [0.3, 0.4) is 0 Å². The summed E-state index contributed by atoms with van der Waals surface area (Å²) in [7, 11) is 0. The van der Waals surface area contributed by atoms with Crippen LogP contribution >= 0.6 is 11.3 Å². The Kier molecular flexibility index (Phi) is 6.62. The standard InChI is InChI=1S/C28H33N5OS/c1-19-8-7-9-23(22(19)4)32-16-14-31(15-17-32)13-10-29-27(34)26-25(33-11-5-6-12-33)24-20(2)18-21(3)30-28(24)35-26/h5-9,11-12,18H,10,13-17H2,1-4H3,(H,29,34). The molecule has 4 heterocycles. The minimum atomic E-state index is -0.0252. The normalized spacial score (nSPS) is 14.6. The van der Waals surface area contributed by atoms with Crippen LogP contribution in [0.2, 0.25) is 0 Å². The molecule has 0 bridgehead atoms. The molecule has 4 aromatic rings. The molecule has 1 amide bonds. The third-order valence-electron chi connectivity index (χ3n) is 7.03. The number of hydrogen-bond donors (Lipinski definition) is 1. The monoisotopic (exact) mass is 487 g/mol. The highest BCUT2D eigenvalue weighted by Gasteiger charge is 2.23. The number of carbonyl (C=O) groups is 1. The van der Waals surface area contributed by atoms with Gasteiger partial charge in [0, 0.05) is 68.4 Å². The van der Waals surface area contributed by atoms with Crippen molar-refractivity contribution in [1.29, 1.82) is 0 Å². The topological polar surface area (TPSA) is 53.4 Å². The first-order valence-corrected chi connectivity index (χ1v) is 13.1. The summed E-state index contributed by atoms with van der Waals surface area (Å²) in [5.74, 6) is -0.0252. The Balaban J connectivity index is 1.24. The van der Waals surface area contributed by atoms with E-state index in [1.165, 1.54) is 28.2 Å². The van der Waals surface area contributed by atoms with Crippen molar-refractivity contribution in [1.82, 2.24) is 19.8 Å². The van der Waals surface area contributed by atoms with Crippen molar-refractivity contribution < 1.29 is 4.79 Å². The van der Waals surface area contributed by atoms with E-state index < -0.39 is 0 Å². The van der Waals surface area contributed by atoms with Crippen LogP contribution in [0.1, 0.15) is 32.1 Å². The Labute approximate surface area is 211 Å². The second-order valence-corrected chi connectivity index (χ2v) is 10.4. The van der Waals surface area contributed by atoms with E-state index in [0.717, 1.165) is 64.8 Å². The summed E-state index contributed by atoms with van der Waals surface area (Å²) in [5, 5.41) is 4.24. The van der Waals surface area contributed by atoms with Crippen LogP contribution < -0.4 is 10.2 Å². The number of amides is 1. The molecule has 5 rings (SSSR count). The van der Waals surface area contributed by atoms with Crippen LogP contribution in [0, 0.1) is 27.7 Å². The Morgan fingerprint density at radius 1 is 1.00 bits per heavy atom. The summed E-state index contributed by atoms with van der Waals surface area (Å²) >= 11 is 1.48. The van der Waals surface area contributed by atoms with Crippen LogP contribution in [0.15, 0.2) is 48.8 Å². The predicted molar refractivity (Wildman–Crippen MR) is 145 cm³/mol. The molecule has 182 valence electrons. The molecular weight excluding hydrogens is 454 g/mol. The third-order valence-corrected chi connectivity index (χ3v) is 8.11. The molecule has 0 saturated carbocycles. The van der Waals surface area contributed by atoms with Gasteiger partial charge in [0.15, 0.2) is 0 Å². The van der Waals surface area contributed by atoms with Gasteiger partial charge in [-0.05, 0) is 68.7 Å². The zero-order valence-corrected chi connectivity index (χ0v) is 21.8. The zero-order chi connectivity index (χ0) is 24.5. The highest BCUT2D eigenvalue weighted by Crippen LogP contribution is 2.35. The smallest absolute Gasteiger partial charge is 0.263 e. The lowest BCUT2D eigenvalue weighted by Crippen LogP contribution is -2.48. The van der Waals surface area contributed by atoms with E-state index in [4.69, 9.17) is 4.98 Å². The van der Waals surface area contributed by atoms with Crippen molar-refractivity contribution in [2.24, 2.45) is 0 Å². The van der Waals surface area contributed by atoms with E-state index >= 15 is 0 Å². The first-order valence-electron chi connectivity index (χ1n) is 12.3. The second-order valence-electron chi connectivity index (χ2n) is 9.43. The molecule has 1 N–H and O–H groups in total. The number of piperazine rings is 1. The molecule has 0 unspecified atom stereocenters. The van der Waals surface area contributed by atoms with Gasteiger partial charge in [-0.1, -0.05) is 12.1 Å². The Morgan fingerprint density at radius 3 is 2.49 bits per heavy atom. The maximum absolute atomic E-state index is 13.3. The molecule has 7 heteroatoms. The highest BCUT2D eigenvalue weighted by atomic mass is 32.1. The molecule has 1 aromatic carbocycles. The number of fused-ring (bicyclic) bond motifs is 1. The number of rotatable bonds is 6. The van der Waals surface area contributed by atoms with Crippen LogP contribution in [-0.4, -0.2) is 59.6 Å². The number of nitrogens with zero attached hydrogens (tertiary/aromatic N) is 4. The minimum absolute atomic E-state index is 0.0252. The van der Waals surface area contributed by atoms with Gasteiger partial charge in [0.25, 0.3) is 5.91 Å². The fourth-order valence-corrected chi connectivity index (χ4v) is 6.22. The van der Waals surface area contributed by atoms with Crippen molar-refractivity contribution in [3.63, 3.8) is 0 Å². The molecule has 1 saturated heterocycles. The molecule has 6 nitrogen and oxygen atoms in total. The van der Waals surface area contributed by atoms with Crippen molar-refractivity contribution in [3.8, 4) is 5.69 Å². The molecule has 1 aliphatic rings. The average molecular weight is 488 g/mol. The summed E-state index contributed by atoms with van der Waals surface area (Å²) in [6.45, 7) is 14.0. The first kappa shape index (κ1) is 23.6. The molecule has 0 atom stereocenters. The summed E-state index contributed by atoms with van der Waals surface area (Å²) in [6.07, 6.45) is 3.99. The Bertz CT molecular complexity index is 1350. The highest BCUT2D eigenvalue weighted by molar-refractivity contribution is 7.21. The number of aryl methyl sites for hydroxylation is 3. The van der Waals surface area contributed by atoms with Crippen molar-refractivity contribution in [2.45, 2.75) is 27.7 Å². The predicted octanol–water partition coefficient (Wildman–Crippen LogP) is 4.87. The molecule has 0 spiro atoms. The van der Waals surface area contributed by atoms with E-state index in [2.05, 4.69) is 60.2 Å². The van der Waals surface area contributed by atoms with Crippen molar-refractivity contribution in [2.75, 3.05) is 44.2 Å². The molecule has 0 aliphatic carbocycles. The lowest BCUT2D eigenvalue weighted by atomic mass is 10.1. The van der Waals surface area contributed by atoms with Gasteiger partial charge >= 0.3 is 0 Å². The summed E-state index contributed by atoms with van der Waals surface area (Å²) in [4.78, 5) is 24.6. The second kappa shape index (κ2) is 9.84. The Hall–Kier alpha value is -3.16. The van der Waals surface area contributed by atoms with E-state index in [9.17, 15) is 4.79 Å². The lowest BCUT2D eigenvalue weighted by molar-refractivity contribution is 0.0952. The number of carbonyl (C=O) groups excluding carboxylic acids is 1. The largest absolute Gasteiger partial charge is 0.369 e. The summed E-state index contributed by atoms with van der Waals surface area (Å²) in [5.41, 5.74) is 7.11. The molecule has 0 radical (unpaired) electrons. The Morgan fingerprint density at radius 2 is 1.74 bits per heavy atom. The zero-order valence-electron chi connectivity index (χ0n) is 21.0. The van der Waals surface area contributed by atoms with Gasteiger partial charge in [-0.3, -0.25) is 9.69 Å². The maximum Gasteiger partial charge on any atom is 0.263 e. The van der Waals surface area contributed by atoms with E-state index in [1.54, 1.807) is 0 Å². The van der Waals surface area contributed by atoms with E-state index in [-0.39, 0.29) is 5.91 Å². The summed E-state index contributed by atoms with van der Waals surface area (Å²) in [6, 6.07) is 12.6. The minimum Gasteiger partial charge on any atom is -0.369 e. The van der Waals surface area contributed by atoms with Crippen LogP contribution in [0.4, 0.5) is 5.69 Å². The van der Waals surface area contributed by atoms with Crippen molar-refractivity contribution >= 4 is 33.1 Å². The van der Waals surface area contributed by atoms with Gasteiger partial charge in [-0.2, -0.15) is 0 Å². The fraction of sp³-hybridized carbons (Fsp3) is 0.357. The van der Waals surface area contributed by atoms with Gasteiger partial charge in [-0.15, -0.1) is 11.3 Å². The molecule has 3 aromatic heterocycles. The van der Waals surface area contributed by atoms with Gasteiger partial charge < -0.3 is 14.8 Å². The average Bonchev–Trinajstić information content (AvgIpc) is 3.49. The van der Waals surface area contributed by atoms with E-state index in [1.807, 2.05) is 36.0 Å². The fourth-order valence-electron chi connectivity index (χ4n) is 5.01. The number of anilines is 1. The van der Waals surface area contributed by atoms with Gasteiger partial charge in [0.05, 0.1) is 5.69 Å². The lowest BCUT2D eigenvalue weighted by Gasteiger charge is -2.37. The quantitative estimate of drug-likeness (QED) is 0.422. The SMILES string of the molecule is Cc1cc(C)c2c(-n3cccc3)c(C(=O)NCCN3CCN(c4cccc(C)c4C)CC3)sc2n1. The number of aromatic nitrogens is 2. The number of pyridine rings is 1. The number of nitrogens with one attached hydrogen (secondary N) is 1. The number of benzene rings is 1. The summed E-state index contributed by atoms with van der Waals surface area (Å²) < 4.78 is 2.03. The van der Waals surface area contributed by atoms with Crippen molar-refractivity contribution in [3.05, 3.63) is 76.1 Å². The molecule has 1 aliphatic heterocycles.